The van der Waals surface area contributed by atoms with Crippen LogP contribution in [0.2, 0.25) is 0 Å². The maximum absolute atomic E-state index is 14.9. The third kappa shape index (κ3) is 5.26. The van der Waals surface area contributed by atoms with Crippen LogP contribution in [0.1, 0.15) is 43.2 Å². The highest BCUT2D eigenvalue weighted by atomic mass is 19.2. The Kier molecular flexibility index (Phi) is 7.86. The van der Waals surface area contributed by atoms with E-state index in [4.69, 9.17) is 9.47 Å². The molecule has 178 valence electrons. The van der Waals surface area contributed by atoms with Crippen molar-refractivity contribution in [1.29, 1.82) is 0 Å². The van der Waals surface area contributed by atoms with Gasteiger partial charge in [-0.15, -0.1) is 0 Å². The average molecular weight is 467 g/mol. The molecular weight excluding hydrogens is 437 g/mol. The molecule has 1 heterocycles. The zero-order valence-electron chi connectivity index (χ0n) is 19.3. The first-order valence-electron chi connectivity index (χ1n) is 11.7. The fourth-order valence-corrected chi connectivity index (χ4v) is 4.28. The summed E-state index contributed by atoms with van der Waals surface area (Å²) in [5.41, 5.74) is 3.24. The Morgan fingerprint density at radius 3 is 2.18 bits per heavy atom. The van der Waals surface area contributed by atoms with Crippen LogP contribution in [-0.4, -0.2) is 19.5 Å². The van der Waals surface area contributed by atoms with Crippen LogP contribution in [0.3, 0.4) is 0 Å². The van der Waals surface area contributed by atoms with Crippen molar-refractivity contribution in [3.05, 3.63) is 95.8 Å². The van der Waals surface area contributed by atoms with Crippen LogP contribution in [0.25, 0.3) is 22.3 Å². The van der Waals surface area contributed by atoms with Crippen LogP contribution in [0.15, 0.2) is 67.3 Å². The van der Waals surface area contributed by atoms with Gasteiger partial charge in [0.15, 0.2) is 17.9 Å². The van der Waals surface area contributed by atoms with Crippen molar-refractivity contribution in [2.45, 2.75) is 44.8 Å². The van der Waals surface area contributed by atoms with Gasteiger partial charge in [-0.1, -0.05) is 74.9 Å². The lowest BCUT2D eigenvalue weighted by molar-refractivity contribution is -0.159. The van der Waals surface area contributed by atoms with Crippen LogP contribution >= 0.6 is 0 Å². The van der Waals surface area contributed by atoms with Crippen LogP contribution < -0.4 is 0 Å². The minimum atomic E-state index is -0.826. The van der Waals surface area contributed by atoms with E-state index in [1.807, 2.05) is 6.07 Å². The molecular formula is C29H29F3O2. The topological polar surface area (TPSA) is 18.5 Å². The maximum atomic E-state index is 14.9. The molecule has 0 atom stereocenters. The molecule has 3 aromatic rings. The Hall–Kier alpha value is -2.89. The standard InChI is InChI=1S/C29H29F3O2/c1-3-5-6-7-21-12-15-25(29(32)28(21)31)20-10-8-19(9-11-20)22-13-14-24(26(30)16-22)23-17-33-27(4-2)34-18-23/h4,8-16,23,27H,2-3,5-7,17-18H2,1H3. The molecule has 2 nitrogen and oxygen atoms in total. The summed E-state index contributed by atoms with van der Waals surface area (Å²) in [4.78, 5) is 0. The predicted octanol–water partition coefficient (Wildman–Crippen LogP) is 7.81. The van der Waals surface area contributed by atoms with E-state index >= 15 is 0 Å². The van der Waals surface area contributed by atoms with E-state index < -0.39 is 17.9 Å². The number of unbranched alkanes of at least 4 members (excludes halogenated alkanes) is 2. The summed E-state index contributed by atoms with van der Waals surface area (Å²) in [6.45, 7) is 6.43. The molecule has 0 spiro atoms. The zero-order chi connectivity index (χ0) is 24.1. The quantitative estimate of drug-likeness (QED) is 0.249. The molecule has 0 aliphatic carbocycles. The first-order valence-corrected chi connectivity index (χ1v) is 11.7. The molecule has 0 saturated carbocycles. The number of hydrogen-bond donors (Lipinski definition) is 0. The third-order valence-corrected chi connectivity index (χ3v) is 6.30. The Morgan fingerprint density at radius 1 is 0.853 bits per heavy atom. The second-order valence-corrected chi connectivity index (χ2v) is 8.64. The molecule has 0 radical (unpaired) electrons. The van der Waals surface area contributed by atoms with Gasteiger partial charge < -0.3 is 9.47 Å². The minimum absolute atomic E-state index is 0.185. The highest BCUT2D eigenvalue weighted by molar-refractivity contribution is 5.71. The molecule has 0 N–H and O–H groups in total. The van der Waals surface area contributed by atoms with Crippen LogP contribution in [0.5, 0.6) is 0 Å². The summed E-state index contributed by atoms with van der Waals surface area (Å²) in [6.07, 6.45) is 4.51. The molecule has 0 unspecified atom stereocenters. The van der Waals surface area contributed by atoms with Crippen molar-refractivity contribution in [2.24, 2.45) is 0 Å². The molecule has 1 aliphatic heterocycles. The van der Waals surface area contributed by atoms with Gasteiger partial charge in [-0.25, -0.2) is 13.2 Å². The Morgan fingerprint density at radius 2 is 1.53 bits per heavy atom. The second kappa shape index (κ2) is 11.0. The van der Waals surface area contributed by atoms with E-state index in [1.54, 1.807) is 48.5 Å². The lowest BCUT2D eigenvalue weighted by Gasteiger charge is -2.28. The normalized spacial score (nSPS) is 18.1. The van der Waals surface area contributed by atoms with E-state index in [0.717, 1.165) is 24.8 Å². The van der Waals surface area contributed by atoms with Gasteiger partial charge in [0.2, 0.25) is 0 Å². The van der Waals surface area contributed by atoms with Gasteiger partial charge in [0.05, 0.1) is 13.2 Å². The number of halogens is 3. The minimum Gasteiger partial charge on any atom is -0.348 e. The van der Waals surface area contributed by atoms with Gasteiger partial charge in [-0.3, -0.25) is 0 Å². The number of aryl methyl sites for hydroxylation is 1. The Bertz CT molecular complexity index is 1130. The lowest BCUT2D eigenvalue weighted by atomic mass is 9.94. The van der Waals surface area contributed by atoms with Gasteiger partial charge >= 0.3 is 0 Å². The van der Waals surface area contributed by atoms with Gasteiger partial charge in [-0.2, -0.15) is 0 Å². The summed E-state index contributed by atoms with van der Waals surface area (Å²) < 4.78 is 55.2. The van der Waals surface area contributed by atoms with E-state index in [1.165, 1.54) is 6.07 Å². The fraction of sp³-hybridized carbons (Fsp3) is 0.310. The van der Waals surface area contributed by atoms with E-state index in [0.29, 0.717) is 41.9 Å². The number of hydrogen-bond acceptors (Lipinski definition) is 2. The van der Waals surface area contributed by atoms with E-state index in [9.17, 15) is 13.2 Å². The largest absolute Gasteiger partial charge is 0.348 e. The number of ether oxygens (including phenoxy) is 2. The fourth-order valence-electron chi connectivity index (χ4n) is 4.28. The second-order valence-electron chi connectivity index (χ2n) is 8.64. The highest BCUT2D eigenvalue weighted by Crippen LogP contribution is 2.32. The van der Waals surface area contributed by atoms with Crippen molar-refractivity contribution >= 4 is 0 Å². The summed E-state index contributed by atoms with van der Waals surface area (Å²) in [5.74, 6) is -2.11. The van der Waals surface area contributed by atoms with Crippen molar-refractivity contribution in [2.75, 3.05) is 13.2 Å². The van der Waals surface area contributed by atoms with E-state index in [2.05, 4.69) is 13.5 Å². The molecule has 0 bridgehead atoms. The summed E-state index contributed by atoms with van der Waals surface area (Å²) in [6, 6.07) is 15.4. The Balaban J connectivity index is 1.50. The predicted molar refractivity (Wildman–Crippen MR) is 129 cm³/mol. The molecule has 3 aromatic carbocycles. The van der Waals surface area contributed by atoms with E-state index in [-0.39, 0.29) is 17.3 Å². The van der Waals surface area contributed by atoms with Crippen LogP contribution in [-0.2, 0) is 15.9 Å². The lowest BCUT2D eigenvalue weighted by Crippen LogP contribution is -2.29. The molecule has 5 heteroatoms. The van der Waals surface area contributed by atoms with Crippen molar-refractivity contribution in [1.82, 2.24) is 0 Å². The van der Waals surface area contributed by atoms with Gasteiger partial charge in [0.1, 0.15) is 5.82 Å². The summed E-state index contributed by atoms with van der Waals surface area (Å²) >= 11 is 0. The summed E-state index contributed by atoms with van der Waals surface area (Å²) in [7, 11) is 0. The molecule has 1 fully saturated rings. The van der Waals surface area contributed by atoms with Crippen molar-refractivity contribution < 1.29 is 22.6 Å². The molecule has 34 heavy (non-hydrogen) atoms. The summed E-state index contributed by atoms with van der Waals surface area (Å²) in [5, 5.41) is 0. The Labute approximate surface area is 199 Å². The first-order chi connectivity index (χ1) is 16.5. The molecule has 1 saturated heterocycles. The maximum Gasteiger partial charge on any atom is 0.176 e. The molecule has 1 aliphatic rings. The average Bonchev–Trinajstić information content (AvgIpc) is 2.87. The van der Waals surface area contributed by atoms with Gasteiger partial charge in [0.25, 0.3) is 0 Å². The SMILES string of the molecule is C=CC1OCC(c2ccc(-c3ccc(-c4ccc(CCCCC)c(F)c4F)cc3)cc2F)CO1. The first kappa shape index (κ1) is 24.2. The zero-order valence-corrected chi connectivity index (χ0v) is 19.3. The van der Waals surface area contributed by atoms with Gasteiger partial charge in [0, 0.05) is 11.5 Å². The molecule has 4 rings (SSSR count). The highest BCUT2D eigenvalue weighted by Gasteiger charge is 2.24. The van der Waals surface area contributed by atoms with Crippen molar-refractivity contribution in [3.63, 3.8) is 0 Å². The van der Waals surface area contributed by atoms with Crippen LogP contribution in [0, 0.1) is 17.5 Å². The molecule has 0 aromatic heterocycles. The van der Waals surface area contributed by atoms with Crippen LogP contribution in [0.4, 0.5) is 13.2 Å². The smallest absolute Gasteiger partial charge is 0.176 e. The number of rotatable bonds is 8. The van der Waals surface area contributed by atoms with Crippen molar-refractivity contribution in [3.8, 4) is 22.3 Å². The third-order valence-electron chi connectivity index (χ3n) is 6.30. The number of benzene rings is 3. The van der Waals surface area contributed by atoms with Gasteiger partial charge in [-0.05, 0) is 52.8 Å². The monoisotopic (exact) mass is 466 g/mol. The molecule has 0 amide bonds.